The van der Waals surface area contributed by atoms with E-state index in [4.69, 9.17) is 11.6 Å². The van der Waals surface area contributed by atoms with Crippen LogP contribution in [-0.2, 0) is 5.92 Å². The van der Waals surface area contributed by atoms with E-state index >= 15 is 0 Å². The van der Waals surface area contributed by atoms with Crippen LogP contribution >= 0.6 is 11.6 Å². The standard InChI is InChI=1S/C13H8ClF2NO/c14-11-3-1-2-10(8-11)13(15,16)12(18)9-4-6-17-7-5-9/h1-8H. The molecule has 5 heteroatoms. The zero-order valence-corrected chi connectivity index (χ0v) is 9.86. The normalized spacial score (nSPS) is 11.3. The minimum Gasteiger partial charge on any atom is -0.287 e. The quantitative estimate of drug-likeness (QED) is 0.794. The van der Waals surface area contributed by atoms with Crippen LogP contribution in [0.1, 0.15) is 15.9 Å². The highest BCUT2D eigenvalue weighted by molar-refractivity contribution is 6.30. The van der Waals surface area contributed by atoms with Crippen LogP contribution in [0.15, 0.2) is 48.8 Å². The summed E-state index contributed by atoms with van der Waals surface area (Å²) in [6, 6.07) is 7.61. The van der Waals surface area contributed by atoms with Gasteiger partial charge in [0.1, 0.15) is 0 Å². The second-order valence-corrected chi connectivity index (χ2v) is 4.09. The molecule has 0 amide bonds. The first kappa shape index (κ1) is 12.6. The van der Waals surface area contributed by atoms with Gasteiger partial charge in [-0.1, -0.05) is 23.7 Å². The molecule has 0 saturated carbocycles. The lowest BCUT2D eigenvalue weighted by Crippen LogP contribution is -2.26. The maximum atomic E-state index is 14.0. The number of rotatable bonds is 3. The van der Waals surface area contributed by atoms with Crippen molar-refractivity contribution in [3.8, 4) is 0 Å². The van der Waals surface area contributed by atoms with Gasteiger partial charge >= 0.3 is 5.92 Å². The van der Waals surface area contributed by atoms with E-state index in [-0.39, 0.29) is 10.6 Å². The maximum Gasteiger partial charge on any atom is 0.335 e. The number of carbonyl (C=O) groups is 1. The van der Waals surface area contributed by atoms with Crippen LogP contribution in [0.2, 0.25) is 5.02 Å². The van der Waals surface area contributed by atoms with Crippen molar-refractivity contribution < 1.29 is 13.6 Å². The number of alkyl halides is 2. The predicted molar refractivity (Wildman–Crippen MR) is 63.9 cm³/mol. The van der Waals surface area contributed by atoms with Crippen molar-refractivity contribution in [3.63, 3.8) is 0 Å². The molecule has 18 heavy (non-hydrogen) atoms. The van der Waals surface area contributed by atoms with Crippen molar-refractivity contribution in [2.45, 2.75) is 5.92 Å². The van der Waals surface area contributed by atoms with Crippen molar-refractivity contribution in [1.82, 2.24) is 4.98 Å². The molecule has 0 aliphatic rings. The summed E-state index contributed by atoms with van der Waals surface area (Å²) in [5.41, 5.74) is -0.508. The summed E-state index contributed by atoms with van der Waals surface area (Å²) in [6.07, 6.45) is 2.59. The van der Waals surface area contributed by atoms with E-state index in [1.165, 1.54) is 42.7 Å². The molecule has 0 radical (unpaired) electrons. The Balaban J connectivity index is 2.40. The first-order valence-corrected chi connectivity index (χ1v) is 5.48. The highest BCUT2D eigenvalue weighted by atomic mass is 35.5. The van der Waals surface area contributed by atoms with Crippen LogP contribution in [0, 0.1) is 0 Å². The number of ketones is 1. The van der Waals surface area contributed by atoms with Crippen molar-refractivity contribution in [1.29, 1.82) is 0 Å². The second-order valence-electron chi connectivity index (χ2n) is 3.65. The zero-order valence-electron chi connectivity index (χ0n) is 9.11. The highest BCUT2D eigenvalue weighted by Gasteiger charge is 2.41. The molecule has 0 bridgehead atoms. The number of halogens is 3. The van der Waals surface area contributed by atoms with Crippen molar-refractivity contribution >= 4 is 17.4 Å². The molecule has 0 fully saturated rings. The minimum absolute atomic E-state index is 0.0880. The average Bonchev–Trinajstić information content (AvgIpc) is 2.39. The van der Waals surface area contributed by atoms with Gasteiger partial charge in [0.05, 0.1) is 0 Å². The monoisotopic (exact) mass is 267 g/mol. The number of benzene rings is 1. The molecular weight excluding hydrogens is 260 g/mol. The molecule has 0 unspecified atom stereocenters. The van der Waals surface area contributed by atoms with Gasteiger partial charge in [-0.3, -0.25) is 9.78 Å². The van der Waals surface area contributed by atoms with Crippen LogP contribution in [0.4, 0.5) is 8.78 Å². The van der Waals surface area contributed by atoms with Crippen LogP contribution in [0.3, 0.4) is 0 Å². The Hall–Kier alpha value is -1.81. The van der Waals surface area contributed by atoms with Crippen molar-refractivity contribution in [2.24, 2.45) is 0 Å². The molecule has 1 aromatic carbocycles. The van der Waals surface area contributed by atoms with Crippen LogP contribution in [0.5, 0.6) is 0 Å². The lowest BCUT2D eigenvalue weighted by Gasteiger charge is -2.15. The van der Waals surface area contributed by atoms with Gasteiger partial charge in [0.25, 0.3) is 0 Å². The van der Waals surface area contributed by atoms with Gasteiger partial charge in [-0.05, 0) is 24.3 Å². The number of hydrogen-bond acceptors (Lipinski definition) is 2. The first-order chi connectivity index (χ1) is 8.51. The first-order valence-electron chi connectivity index (χ1n) is 5.10. The number of hydrogen-bond donors (Lipinski definition) is 0. The Morgan fingerprint density at radius 1 is 1.17 bits per heavy atom. The summed E-state index contributed by atoms with van der Waals surface area (Å²) >= 11 is 5.65. The number of Topliss-reactive ketones (excluding diaryl/α,β-unsaturated/α-hetero) is 1. The Labute approximate surface area is 107 Å². The number of carbonyl (C=O) groups excluding carboxylic acids is 1. The Morgan fingerprint density at radius 3 is 2.44 bits per heavy atom. The summed E-state index contributed by atoms with van der Waals surface area (Å²) < 4.78 is 28.0. The van der Waals surface area contributed by atoms with E-state index in [0.717, 1.165) is 6.07 Å². The van der Waals surface area contributed by atoms with E-state index < -0.39 is 17.3 Å². The molecule has 1 aromatic heterocycles. The fraction of sp³-hybridized carbons (Fsp3) is 0.0769. The van der Waals surface area contributed by atoms with Crippen LogP contribution in [-0.4, -0.2) is 10.8 Å². The van der Waals surface area contributed by atoms with Gasteiger partial charge in [0.2, 0.25) is 5.78 Å². The molecule has 2 aromatic rings. The Bertz CT molecular complexity index is 572. The van der Waals surface area contributed by atoms with Gasteiger partial charge < -0.3 is 0 Å². The molecule has 2 rings (SSSR count). The maximum absolute atomic E-state index is 14.0. The lowest BCUT2D eigenvalue weighted by atomic mass is 10.00. The third-order valence-electron chi connectivity index (χ3n) is 2.41. The summed E-state index contributed by atoms with van der Waals surface area (Å²) in [4.78, 5) is 15.4. The van der Waals surface area contributed by atoms with E-state index in [1.54, 1.807) is 0 Å². The van der Waals surface area contributed by atoms with Gasteiger partial charge in [-0.25, -0.2) is 0 Å². The molecular formula is C13H8ClF2NO. The van der Waals surface area contributed by atoms with E-state index in [2.05, 4.69) is 4.98 Å². The summed E-state index contributed by atoms with van der Waals surface area (Å²) in [5, 5.41) is 0.162. The molecule has 92 valence electrons. The minimum atomic E-state index is -3.60. The summed E-state index contributed by atoms with van der Waals surface area (Å²) in [5.74, 6) is -4.88. The third-order valence-corrected chi connectivity index (χ3v) is 2.65. The summed E-state index contributed by atoms with van der Waals surface area (Å²) in [6.45, 7) is 0. The fourth-order valence-corrected chi connectivity index (χ4v) is 1.69. The van der Waals surface area contributed by atoms with Crippen molar-refractivity contribution in [2.75, 3.05) is 0 Å². The SMILES string of the molecule is O=C(c1ccncc1)C(F)(F)c1cccc(Cl)c1. The van der Waals surface area contributed by atoms with Crippen molar-refractivity contribution in [3.05, 3.63) is 64.9 Å². The zero-order chi connectivity index (χ0) is 13.2. The van der Waals surface area contributed by atoms with Gasteiger partial charge in [0, 0.05) is 28.5 Å². The van der Waals surface area contributed by atoms with Gasteiger partial charge in [-0.2, -0.15) is 8.78 Å². The Kier molecular flexibility index (Phi) is 3.39. The molecule has 1 heterocycles. The number of aromatic nitrogens is 1. The molecule has 0 aliphatic heterocycles. The van der Waals surface area contributed by atoms with E-state index in [9.17, 15) is 13.6 Å². The molecule has 0 atom stereocenters. The lowest BCUT2D eigenvalue weighted by molar-refractivity contribution is 0.00743. The molecule has 0 aliphatic carbocycles. The molecule has 2 nitrogen and oxygen atoms in total. The van der Waals surface area contributed by atoms with E-state index in [1.807, 2.05) is 0 Å². The smallest absolute Gasteiger partial charge is 0.287 e. The van der Waals surface area contributed by atoms with E-state index in [0.29, 0.717) is 0 Å². The largest absolute Gasteiger partial charge is 0.335 e. The third kappa shape index (κ3) is 2.38. The molecule has 0 saturated heterocycles. The van der Waals surface area contributed by atoms with Crippen LogP contribution in [0.25, 0.3) is 0 Å². The fourth-order valence-electron chi connectivity index (χ4n) is 1.50. The highest BCUT2D eigenvalue weighted by Crippen LogP contribution is 2.32. The number of pyridine rings is 1. The average molecular weight is 268 g/mol. The number of nitrogens with zero attached hydrogens (tertiary/aromatic N) is 1. The Morgan fingerprint density at radius 2 is 1.83 bits per heavy atom. The predicted octanol–water partition coefficient (Wildman–Crippen LogP) is 3.71. The second kappa shape index (κ2) is 4.82. The topological polar surface area (TPSA) is 30.0 Å². The molecule has 0 spiro atoms. The van der Waals surface area contributed by atoms with Crippen LogP contribution < -0.4 is 0 Å². The summed E-state index contributed by atoms with van der Waals surface area (Å²) in [7, 11) is 0. The van der Waals surface area contributed by atoms with Gasteiger partial charge in [0.15, 0.2) is 0 Å². The molecule has 0 N–H and O–H groups in total. The van der Waals surface area contributed by atoms with Gasteiger partial charge in [-0.15, -0.1) is 0 Å².